The smallest absolute Gasteiger partial charge is 0.255 e. The first kappa shape index (κ1) is 25.7. The standard InChI is InChI=1S/C25H34N4O4S/c1-5-27(6-2)23-16-15-21(34(32,33)28(7-3)8-4)18-22(23)26-25(31)19-11-13-20(14-12-19)29-17-9-10-24(29)30/h11-16,18H,5-10,17H2,1-4H3,(H,26,31). The number of sulfonamides is 1. The van der Waals surface area contributed by atoms with Crippen molar-refractivity contribution in [1.29, 1.82) is 0 Å². The molecule has 2 aromatic rings. The Kier molecular flexibility index (Phi) is 8.33. The molecule has 0 aromatic heterocycles. The van der Waals surface area contributed by atoms with Crippen LogP contribution < -0.4 is 15.1 Å². The highest BCUT2D eigenvalue weighted by Gasteiger charge is 2.25. The number of hydrogen-bond donors (Lipinski definition) is 1. The van der Waals surface area contributed by atoms with E-state index in [-0.39, 0.29) is 16.7 Å². The molecule has 0 bridgehead atoms. The maximum absolute atomic E-state index is 13.1. The van der Waals surface area contributed by atoms with Crippen molar-refractivity contribution in [2.75, 3.05) is 47.8 Å². The summed E-state index contributed by atoms with van der Waals surface area (Å²) in [4.78, 5) is 29.0. The molecule has 2 amide bonds. The number of benzene rings is 2. The Balaban J connectivity index is 1.93. The number of nitrogens with zero attached hydrogens (tertiary/aromatic N) is 3. The molecule has 2 aromatic carbocycles. The second-order valence-corrected chi connectivity index (χ2v) is 10.0. The number of carbonyl (C=O) groups is 2. The van der Waals surface area contributed by atoms with Crippen molar-refractivity contribution in [3.8, 4) is 0 Å². The lowest BCUT2D eigenvalue weighted by Gasteiger charge is -2.26. The number of rotatable bonds is 10. The molecule has 1 aliphatic heterocycles. The summed E-state index contributed by atoms with van der Waals surface area (Å²) in [5.74, 6) is -0.252. The Labute approximate surface area is 202 Å². The molecule has 1 heterocycles. The van der Waals surface area contributed by atoms with Gasteiger partial charge in [-0.15, -0.1) is 0 Å². The summed E-state index contributed by atoms with van der Waals surface area (Å²) in [6, 6.07) is 11.8. The predicted octanol–water partition coefficient (Wildman–Crippen LogP) is 3.94. The van der Waals surface area contributed by atoms with Crippen LogP contribution in [0, 0.1) is 0 Å². The molecule has 1 aliphatic rings. The predicted molar refractivity (Wildman–Crippen MR) is 136 cm³/mol. The molecule has 0 radical (unpaired) electrons. The van der Waals surface area contributed by atoms with E-state index in [1.165, 1.54) is 10.4 Å². The SMILES string of the molecule is CCN(CC)c1ccc(S(=O)(=O)N(CC)CC)cc1NC(=O)c1ccc(N2CCCC2=O)cc1. The van der Waals surface area contributed by atoms with Crippen molar-refractivity contribution in [2.24, 2.45) is 0 Å². The average Bonchev–Trinajstić information content (AvgIpc) is 3.27. The molecule has 0 spiro atoms. The van der Waals surface area contributed by atoms with Crippen LogP contribution in [0.1, 0.15) is 50.9 Å². The number of hydrogen-bond acceptors (Lipinski definition) is 5. The Bertz CT molecular complexity index is 1120. The van der Waals surface area contributed by atoms with Gasteiger partial charge in [0.1, 0.15) is 0 Å². The van der Waals surface area contributed by atoms with E-state index in [4.69, 9.17) is 0 Å². The third kappa shape index (κ3) is 5.26. The van der Waals surface area contributed by atoms with Gasteiger partial charge in [-0.1, -0.05) is 13.8 Å². The van der Waals surface area contributed by atoms with Crippen molar-refractivity contribution in [1.82, 2.24) is 4.31 Å². The summed E-state index contributed by atoms with van der Waals surface area (Å²) in [5.41, 5.74) is 2.41. The molecule has 3 rings (SSSR count). The monoisotopic (exact) mass is 486 g/mol. The Morgan fingerprint density at radius 3 is 2.15 bits per heavy atom. The molecule has 0 unspecified atom stereocenters. The van der Waals surface area contributed by atoms with Crippen molar-refractivity contribution in [3.63, 3.8) is 0 Å². The molecule has 0 aliphatic carbocycles. The quantitative estimate of drug-likeness (QED) is 0.549. The molecular formula is C25H34N4O4S. The van der Waals surface area contributed by atoms with Crippen molar-refractivity contribution < 1.29 is 18.0 Å². The zero-order chi connectivity index (χ0) is 24.9. The maximum atomic E-state index is 13.1. The molecule has 1 N–H and O–H groups in total. The molecule has 34 heavy (non-hydrogen) atoms. The normalized spacial score (nSPS) is 14.0. The third-order valence-corrected chi connectivity index (χ3v) is 8.22. The van der Waals surface area contributed by atoms with Crippen molar-refractivity contribution in [3.05, 3.63) is 48.0 Å². The molecular weight excluding hydrogens is 452 g/mol. The average molecular weight is 487 g/mol. The van der Waals surface area contributed by atoms with Gasteiger partial charge in [-0.25, -0.2) is 8.42 Å². The van der Waals surface area contributed by atoms with Gasteiger partial charge in [0.25, 0.3) is 5.91 Å². The fourth-order valence-corrected chi connectivity index (χ4v) is 5.72. The Morgan fingerprint density at radius 2 is 1.62 bits per heavy atom. The van der Waals surface area contributed by atoms with Crippen molar-refractivity contribution >= 4 is 38.9 Å². The number of anilines is 3. The zero-order valence-electron chi connectivity index (χ0n) is 20.4. The summed E-state index contributed by atoms with van der Waals surface area (Å²) < 4.78 is 27.6. The van der Waals surface area contributed by atoms with E-state index in [1.54, 1.807) is 55.1 Å². The van der Waals surface area contributed by atoms with Crippen LogP contribution in [-0.2, 0) is 14.8 Å². The van der Waals surface area contributed by atoms with Crippen LogP contribution in [0.5, 0.6) is 0 Å². The van der Waals surface area contributed by atoms with Crippen LogP contribution in [0.15, 0.2) is 47.4 Å². The summed E-state index contributed by atoms with van der Waals surface area (Å²) >= 11 is 0. The van der Waals surface area contributed by atoms with Gasteiger partial charge in [0.05, 0.1) is 16.3 Å². The van der Waals surface area contributed by atoms with E-state index in [2.05, 4.69) is 10.2 Å². The molecule has 9 heteroatoms. The van der Waals surface area contributed by atoms with E-state index in [0.29, 0.717) is 50.4 Å². The van der Waals surface area contributed by atoms with Crippen LogP contribution in [0.25, 0.3) is 0 Å². The summed E-state index contributed by atoms with van der Waals surface area (Å²) in [5, 5.41) is 2.92. The minimum Gasteiger partial charge on any atom is -0.370 e. The van der Waals surface area contributed by atoms with Crippen LogP contribution in [0.4, 0.5) is 17.1 Å². The lowest BCUT2D eigenvalue weighted by Crippen LogP contribution is -2.31. The first-order valence-corrected chi connectivity index (χ1v) is 13.3. The molecule has 184 valence electrons. The fraction of sp³-hybridized carbons (Fsp3) is 0.440. The zero-order valence-corrected chi connectivity index (χ0v) is 21.2. The van der Waals surface area contributed by atoms with Gasteiger partial charge >= 0.3 is 0 Å². The van der Waals surface area contributed by atoms with Gasteiger partial charge in [-0.05, 0) is 62.7 Å². The summed E-state index contributed by atoms with van der Waals surface area (Å²) in [7, 11) is -3.67. The van der Waals surface area contributed by atoms with Crippen LogP contribution >= 0.6 is 0 Å². The number of nitrogens with one attached hydrogen (secondary N) is 1. The fourth-order valence-electron chi connectivity index (χ4n) is 4.24. The molecule has 8 nitrogen and oxygen atoms in total. The van der Waals surface area contributed by atoms with Crippen molar-refractivity contribution in [2.45, 2.75) is 45.4 Å². The van der Waals surface area contributed by atoms with E-state index in [1.807, 2.05) is 13.8 Å². The molecule has 0 saturated carbocycles. The minimum absolute atomic E-state index is 0.0901. The van der Waals surface area contributed by atoms with Crippen LogP contribution in [0.3, 0.4) is 0 Å². The van der Waals surface area contributed by atoms with E-state index in [0.717, 1.165) is 17.8 Å². The van der Waals surface area contributed by atoms with Gasteiger partial charge < -0.3 is 15.1 Å². The lowest BCUT2D eigenvalue weighted by atomic mass is 10.1. The second-order valence-electron chi connectivity index (χ2n) is 8.09. The Hall–Kier alpha value is -2.91. The number of amides is 2. The second kappa shape index (κ2) is 11.0. The van der Waals surface area contributed by atoms with Crippen LogP contribution in [-0.4, -0.2) is 57.3 Å². The lowest BCUT2D eigenvalue weighted by molar-refractivity contribution is -0.117. The van der Waals surface area contributed by atoms with Crippen LogP contribution in [0.2, 0.25) is 0 Å². The first-order chi connectivity index (χ1) is 16.3. The molecule has 1 fully saturated rings. The molecule has 1 saturated heterocycles. The number of carbonyl (C=O) groups excluding carboxylic acids is 2. The summed E-state index contributed by atoms with van der Waals surface area (Å²) in [6.07, 6.45) is 1.38. The summed E-state index contributed by atoms with van der Waals surface area (Å²) in [6.45, 7) is 10.4. The van der Waals surface area contributed by atoms with E-state index < -0.39 is 10.0 Å². The van der Waals surface area contributed by atoms with Gasteiger partial charge in [0.15, 0.2) is 0 Å². The molecule has 0 atom stereocenters. The first-order valence-electron chi connectivity index (χ1n) is 11.9. The topological polar surface area (TPSA) is 90.0 Å². The van der Waals surface area contributed by atoms with Gasteiger partial charge in [0.2, 0.25) is 15.9 Å². The van der Waals surface area contributed by atoms with E-state index >= 15 is 0 Å². The highest BCUT2D eigenvalue weighted by atomic mass is 32.2. The largest absolute Gasteiger partial charge is 0.370 e. The highest BCUT2D eigenvalue weighted by molar-refractivity contribution is 7.89. The van der Waals surface area contributed by atoms with Gasteiger partial charge in [0, 0.05) is 50.4 Å². The minimum atomic E-state index is -3.67. The van der Waals surface area contributed by atoms with E-state index in [9.17, 15) is 18.0 Å². The maximum Gasteiger partial charge on any atom is 0.255 e. The van der Waals surface area contributed by atoms with Gasteiger partial charge in [-0.2, -0.15) is 4.31 Å². The van der Waals surface area contributed by atoms with Gasteiger partial charge in [-0.3, -0.25) is 9.59 Å². The third-order valence-electron chi connectivity index (χ3n) is 6.18. The highest BCUT2D eigenvalue weighted by Crippen LogP contribution is 2.31. The Morgan fingerprint density at radius 1 is 0.971 bits per heavy atom.